The summed E-state index contributed by atoms with van der Waals surface area (Å²) in [7, 11) is 0. The maximum Gasteiger partial charge on any atom is 0.180 e. The molecule has 3 aromatic rings. The van der Waals surface area contributed by atoms with E-state index in [1.165, 1.54) is 49.0 Å². The fourth-order valence-corrected chi connectivity index (χ4v) is 4.55. The predicted molar refractivity (Wildman–Crippen MR) is 114 cm³/mol. The van der Waals surface area contributed by atoms with E-state index in [1.54, 1.807) is 0 Å². The third kappa shape index (κ3) is 3.44. The first-order chi connectivity index (χ1) is 13.9. The van der Waals surface area contributed by atoms with Gasteiger partial charge in [-0.3, -0.25) is 4.40 Å². The molecule has 3 heterocycles. The lowest BCUT2D eigenvalue weighted by Gasteiger charge is -2.23. The number of aromatic nitrogens is 3. The van der Waals surface area contributed by atoms with E-state index in [1.807, 2.05) is 12.4 Å². The molecule has 5 rings (SSSR count). The second-order valence-corrected chi connectivity index (χ2v) is 7.91. The van der Waals surface area contributed by atoms with Crippen LogP contribution in [0.5, 0.6) is 0 Å². The average Bonchev–Trinajstić information content (AvgIpc) is 3.20. The van der Waals surface area contributed by atoms with Crippen molar-refractivity contribution in [3.8, 4) is 0 Å². The number of anilines is 3. The summed E-state index contributed by atoms with van der Waals surface area (Å²) >= 11 is 0. The summed E-state index contributed by atoms with van der Waals surface area (Å²) in [5.74, 6) is 1.42. The molecule has 0 bridgehead atoms. The Hall–Kier alpha value is -2.60. The minimum Gasteiger partial charge on any atom is -0.384 e. The van der Waals surface area contributed by atoms with Gasteiger partial charge in [-0.1, -0.05) is 19.3 Å². The van der Waals surface area contributed by atoms with Crippen LogP contribution in [0.1, 0.15) is 49.3 Å². The van der Waals surface area contributed by atoms with Gasteiger partial charge in [0.05, 0.1) is 0 Å². The van der Waals surface area contributed by atoms with Crippen molar-refractivity contribution in [1.29, 1.82) is 0 Å². The lowest BCUT2D eigenvalue weighted by molar-refractivity contribution is 0.433. The molecule has 1 aliphatic heterocycles. The summed E-state index contributed by atoms with van der Waals surface area (Å²) in [5.41, 5.74) is 5.83. The molecule has 0 spiro atoms. The van der Waals surface area contributed by atoms with Crippen LogP contribution in [-0.2, 0) is 6.42 Å². The van der Waals surface area contributed by atoms with Crippen molar-refractivity contribution in [2.24, 2.45) is 0 Å². The number of hydrogen-bond acceptors (Lipinski definition) is 5. The molecule has 0 atom stereocenters. The molecule has 1 fully saturated rings. The zero-order valence-corrected chi connectivity index (χ0v) is 16.2. The van der Waals surface area contributed by atoms with Gasteiger partial charge in [0, 0.05) is 54.7 Å². The number of benzene rings is 1. The molecule has 146 valence electrons. The molecule has 0 saturated heterocycles. The first-order valence-electron chi connectivity index (χ1n) is 10.5. The van der Waals surface area contributed by atoms with E-state index in [0.29, 0.717) is 5.92 Å². The average molecular weight is 377 g/mol. The van der Waals surface area contributed by atoms with Crippen molar-refractivity contribution in [3.05, 3.63) is 48.0 Å². The summed E-state index contributed by atoms with van der Waals surface area (Å²) in [6, 6.07) is 6.52. The number of nitrogens with one attached hydrogen (secondary N) is 3. The number of fused-ring (bicyclic) bond motifs is 2. The second-order valence-electron chi connectivity index (χ2n) is 7.91. The van der Waals surface area contributed by atoms with E-state index < -0.39 is 0 Å². The Labute approximate surface area is 165 Å². The summed E-state index contributed by atoms with van der Waals surface area (Å²) < 4.78 is 2.23. The lowest BCUT2D eigenvalue weighted by Crippen LogP contribution is -2.27. The van der Waals surface area contributed by atoms with Crippen molar-refractivity contribution < 1.29 is 0 Å². The van der Waals surface area contributed by atoms with E-state index in [-0.39, 0.29) is 0 Å². The van der Waals surface area contributed by atoms with Gasteiger partial charge in [-0.2, -0.15) is 0 Å². The van der Waals surface area contributed by atoms with E-state index in [9.17, 15) is 0 Å². The zero-order valence-electron chi connectivity index (χ0n) is 16.2. The Morgan fingerprint density at radius 1 is 1.04 bits per heavy atom. The van der Waals surface area contributed by atoms with Gasteiger partial charge in [-0.25, -0.2) is 9.97 Å². The highest BCUT2D eigenvalue weighted by Crippen LogP contribution is 2.34. The highest BCUT2D eigenvalue weighted by molar-refractivity contribution is 5.72. The van der Waals surface area contributed by atoms with E-state index in [0.717, 1.165) is 43.2 Å². The van der Waals surface area contributed by atoms with Crippen LogP contribution in [0.15, 0.2) is 36.8 Å². The van der Waals surface area contributed by atoms with Gasteiger partial charge in [0.15, 0.2) is 11.5 Å². The monoisotopic (exact) mass is 376 g/mol. The van der Waals surface area contributed by atoms with E-state index >= 15 is 0 Å². The fourth-order valence-electron chi connectivity index (χ4n) is 4.55. The van der Waals surface area contributed by atoms with Crippen LogP contribution in [0, 0.1) is 0 Å². The summed E-state index contributed by atoms with van der Waals surface area (Å²) in [6.45, 7) is 2.98. The van der Waals surface area contributed by atoms with Gasteiger partial charge in [0.25, 0.3) is 0 Å². The van der Waals surface area contributed by atoms with E-state index in [2.05, 4.69) is 49.7 Å². The van der Waals surface area contributed by atoms with Gasteiger partial charge < -0.3 is 16.0 Å². The normalized spacial score (nSPS) is 18.1. The van der Waals surface area contributed by atoms with Crippen LogP contribution in [0.4, 0.5) is 17.2 Å². The Morgan fingerprint density at radius 2 is 1.96 bits per heavy atom. The number of hydrogen-bond donors (Lipinski definition) is 3. The van der Waals surface area contributed by atoms with Crippen LogP contribution < -0.4 is 16.0 Å². The predicted octanol–water partition coefficient (Wildman–Crippen LogP) is 4.08. The van der Waals surface area contributed by atoms with Gasteiger partial charge in [-0.05, 0) is 49.6 Å². The van der Waals surface area contributed by atoms with Crippen molar-refractivity contribution in [1.82, 2.24) is 19.7 Å². The zero-order chi connectivity index (χ0) is 18.8. The fraction of sp³-hybridized carbons (Fsp3) is 0.455. The van der Waals surface area contributed by atoms with Gasteiger partial charge in [0.1, 0.15) is 0 Å². The van der Waals surface area contributed by atoms with Crippen LogP contribution in [0.2, 0.25) is 0 Å². The molecule has 0 amide bonds. The molecule has 2 aromatic heterocycles. The largest absolute Gasteiger partial charge is 0.384 e. The SMILES string of the molecule is c1cn2c(C3CCCCC3)cnc(Nc3ccc4c(c3)CCNCCN4)c2n1. The minimum absolute atomic E-state index is 0.599. The first-order valence-corrected chi connectivity index (χ1v) is 10.5. The molecular weight excluding hydrogens is 348 g/mol. The van der Waals surface area contributed by atoms with Crippen molar-refractivity contribution >= 4 is 22.8 Å². The molecule has 6 heteroatoms. The summed E-state index contributed by atoms with van der Waals surface area (Å²) in [4.78, 5) is 9.37. The van der Waals surface area contributed by atoms with Gasteiger partial charge in [0.2, 0.25) is 0 Å². The van der Waals surface area contributed by atoms with Gasteiger partial charge >= 0.3 is 0 Å². The molecule has 0 unspecified atom stereocenters. The third-order valence-corrected chi connectivity index (χ3v) is 6.04. The number of rotatable bonds is 3. The topological polar surface area (TPSA) is 66.3 Å². The molecule has 2 aliphatic rings. The molecule has 1 aromatic carbocycles. The molecule has 3 N–H and O–H groups in total. The molecule has 28 heavy (non-hydrogen) atoms. The lowest BCUT2D eigenvalue weighted by atomic mass is 9.87. The standard InChI is InChI=1S/C22H28N6/c1-2-4-16(5-3-1)20-15-26-21(22-25-12-13-28(20)22)27-18-6-7-19-17(14-18)8-9-23-10-11-24-19/h6-7,12-16,23-24H,1-5,8-11H2,(H,26,27). The van der Waals surface area contributed by atoms with Crippen LogP contribution in [0.25, 0.3) is 5.65 Å². The summed E-state index contributed by atoms with van der Waals surface area (Å²) in [6.07, 6.45) is 13.5. The molecule has 1 aliphatic carbocycles. The number of imidazole rings is 1. The molecular formula is C22H28N6. The first kappa shape index (κ1) is 17.5. The maximum atomic E-state index is 4.77. The maximum absolute atomic E-state index is 4.77. The van der Waals surface area contributed by atoms with Crippen LogP contribution in [-0.4, -0.2) is 34.0 Å². The molecule has 0 radical (unpaired) electrons. The van der Waals surface area contributed by atoms with Crippen LogP contribution in [0.3, 0.4) is 0 Å². The van der Waals surface area contributed by atoms with E-state index in [4.69, 9.17) is 4.98 Å². The highest BCUT2D eigenvalue weighted by atomic mass is 15.1. The Bertz CT molecular complexity index is 957. The minimum atomic E-state index is 0.599. The smallest absolute Gasteiger partial charge is 0.180 e. The highest BCUT2D eigenvalue weighted by Gasteiger charge is 2.20. The number of nitrogens with zero attached hydrogens (tertiary/aromatic N) is 3. The van der Waals surface area contributed by atoms with Crippen molar-refractivity contribution in [2.45, 2.75) is 44.4 Å². The Balaban J connectivity index is 1.44. The van der Waals surface area contributed by atoms with Crippen molar-refractivity contribution in [3.63, 3.8) is 0 Å². The molecule has 6 nitrogen and oxygen atoms in total. The van der Waals surface area contributed by atoms with Crippen LogP contribution >= 0.6 is 0 Å². The Kier molecular flexibility index (Phi) is 4.87. The van der Waals surface area contributed by atoms with Gasteiger partial charge in [-0.15, -0.1) is 0 Å². The summed E-state index contributed by atoms with van der Waals surface area (Å²) in [5, 5.41) is 10.5. The van der Waals surface area contributed by atoms with Crippen molar-refractivity contribution in [2.75, 3.05) is 30.3 Å². The second kappa shape index (κ2) is 7.80. The molecule has 1 saturated carbocycles. The quantitative estimate of drug-likeness (QED) is 0.643. The third-order valence-electron chi connectivity index (χ3n) is 6.04. The Morgan fingerprint density at radius 3 is 2.89 bits per heavy atom.